The number of aliphatic hydroxyl groups is 1. The molecule has 4 nitrogen and oxygen atoms in total. The van der Waals surface area contributed by atoms with Gasteiger partial charge in [0.15, 0.2) is 0 Å². The highest BCUT2D eigenvalue weighted by Crippen LogP contribution is 2.24. The van der Waals surface area contributed by atoms with Crippen molar-refractivity contribution in [1.82, 2.24) is 4.98 Å². The molecule has 0 unspecified atom stereocenters. The van der Waals surface area contributed by atoms with Gasteiger partial charge in [-0.25, -0.2) is 0 Å². The minimum absolute atomic E-state index is 0.311. The van der Waals surface area contributed by atoms with Crippen LogP contribution in [0.3, 0.4) is 0 Å². The van der Waals surface area contributed by atoms with E-state index in [2.05, 4.69) is 11.1 Å². The average molecular weight is 358 g/mol. The third-order valence-corrected chi connectivity index (χ3v) is 4.49. The minimum atomic E-state index is -0.558. The lowest BCUT2D eigenvalue weighted by Crippen LogP contribution is -2.29. The highest BCUT2D eigenvalue weighted by molar-refractivity contribution is 5.65. The standard InChI is InChI=1S/C23H22N2O2/c1-17(23(26)12-7-18-5-3-13-25-16-18)27-22-10-8-20(9-11-22)21-6-2-4-19(14-21)15-24/h2-6,8-11,13-14,16-17,23,26H,7,12H2,1H3/t17-,23-/m0/s1. The van der Waals surface area contributed by atoms with Crippen LogP contribution in [0.5, 0.6) is 5.75 Å². The van der Waals surface area contributed by atoms with Gasteiger partial charge in [0.2, 0.25) is 0 Å². The molecule has 4 heteroatoms. The molecular formula is C23H22N2O2. The Balaban J connectivity index is 1.57. The van der Waals surface area contributed by atoms with Crippen molar-refractivity contribution in [2.45, 2.75) is 32.0 Å². The number of nitriles is 1. The molecule has 136 valence electrons. The van der Waals surface area contributed by atoms with Crippen molar-refractivity contribution >= 4 is 0 Å². The van der Waals surface area contributed by atoms with Gasteiger partial charge in [-0.3, -0.25) is 4.98 Å². The Labute approximate surface area is 159 Å². The molecule has 0 aliphatic heterocycles. The van der Waals surface area contributed by atoms with Gasteiger partial charge in [0.05, 0.1) is 17.7 Å². The molecule has 3 rings (SSSR count). The predicted octanol–water partition coefficient (Wildman–Crippen LogP) is 4.38. The topological polar surface area (TPSA) is 66.1 Å². The van der Waals surface area contributed by atoms with Gasteiger partial charge < -0.3 is 9.84 Å². The molecule has 0 fully saturated rings. The van der Waals surface area contributed by atoms with Gasteiger partial charge in [0.25, 0.3) is 0 Å². The van der Waals surface area contributed by atoms with Gasteiger partial charge in [0.1, 0.15) is 11.9 Å². The van der Waals surface area contributed by atoms with E-state index in [0.717, 1.165) is 23.1 Å². The summed E-state index contributed by atoms with van der Waals surface area (Å²) >= 11 is 0. The summed E-state index contributed by atoms with van der Waals surface area (Å²) in [7, 11) is 0. The molecule has 2 aromatic carbocycles. The summed E-state index contributed by atoms with van der Waals surface area (Å²) < 4.78 is 5.88. The number of benzene rings is 2. The lowest BCUT2D eigenvalue weighted by molar-refractivity contribution is 0.0420. The molecule has 0 saturated carbocycles. The van der Waals surface area contributed by atoms with E-state index in [1.54, 1.807) is 12.3 Å². The number of hydrogen-bond acceptors (Lipinski definition) is 4. The zero-order valence-electron chi connectivity index (χ0n) is 15.2. The largest absolute Gasteiger partial charge is 0.488 e. The maximum Gasteiger partial charge on any atom is 0.122 e. The van der Waals surface area contributed by atoms with E-state index in [9.17, 15) is 5.11 Å². The summed E-state index contributed by atoms with van der Waals surface area (Å²) in [5, 5.41) is 19.4. The molecule has 1 aromatic heterocycles. The first kappa shape index (κ1) is 18.6. The number of aromatic nitrogens is 1. The van der Waals surface area contributed by atoms with Crippen molar-refractivity contribution in [3.63, 3.8) is 0 Å². The Morgan fingerprint density at radius 2 is 1.89 bits per heavy atom. The van der Waals surface area contributed by atoms with Crippen molar-refractivity contribution < 1.29 is 9.84 Å². The van der Waals surface area contributed by atoms with Crippen LogP contribution in [-0.4, -0.2) is 22.3 Å². The molecule has 0 amide bonds. The first-order valence-electron chi connectivity index (χ1n) is 9.00. The number of pyridine rings is 1. The molecule has 1 N–H and O–H groups in total. The second-order valence-corrected chi connectivity index (χ2v) is 6.51. The van der Waals surface area contributed by atoms with E-state index in [1.807, 2.05) is 67.7 Å². The van der Waals surface area contributed by atoms with E-state index >= 15 is 0 Å². The van der Waals surface area contributed by atoms with Gasteiger partial charge in [-0.1, -0.05) is 30.3 Å². The smallest absolute Gasteiger partial charge is 0.122 e. The number of nitrogens with zero attached hydrogens (tertiary/aromatic N) is 2. The maximum absolute atomic E-state index is 10.4. The molecule has 0 saturated heterocycles. The van der Waals surface area contributed by atoms with Crippen molar-refractivity contribution in [3.05, 3.63) is 84.2 Å². The summed E-state index contributed by atoms with van der Waals surface area (Å²) in [6.07, 6.45) is 4.07. The van der Waals surface area contributed by atoms with E-state index in [0.29, 0.717) is 17.7 Å². The van der Waals surface area contributed by atoms with Crippen LogP contribution in [0.1, 0.15) is 24.5 Å². The second-order valence-electron chi connectivity index (χ2n) is 6.51. The Hall–Kier alpha value is -3.16. The third-order valence-electron chi connectivity index (χ3n) is 4.49. The van der Waals surface area contributed by atoms with Crippen molar-refractivity contribution in [3.8, 4) is 22.9 Å². The number of aliphatic hydroxyl groups excluding tert-OH is 1. The van der Waals surface area contributed by atoms with Crippen LogP contribution < -0.4 is 4.74 Å². The van der Waals surface area contributed by atoms with Crippen LogP contribution in [0.4, 0.5) is 0 Å². The van der Waals surface area contributed by atoms with Crippen LogP contribution in [-0.2, 0) is 6.42 Å². The first-order valence-corrected chi connectivity index (χ1v) is 9.00. The Morgan fingerprint density at radius 3 is 2.59 bits per heavy atom. The summed E-state index contributed by atoms with van der Waals surface area (Å²) in [6.45, 7) is 1.87. The van der Waals surface area contributed by atoms with Crippen LogP contribution in [0.15, 0.2) is 73.1 Å². The average Bonchev–Trinajstić information content (AvgIpc) is 2.73. The summed E-state index contributed by atoms with van der Waals surface area (Å²) in [6, 6.07) is 21.2. The molecule has 0 radical (unpaired) electrons. The first-order chi connectivity index (χ1) is 13.2. The lowest BCUT2D eigenvalue weighted by Gasteiger charge is -2.20. The predicted molar refractivity (Wildman–Crippen MR) is 105 cm³/mol. The van der Waals surface area contributed by atoms with Crippen LogP contribution in [0.25, 0.3) is 11.1 Å². The third kappa shape index (κ3) is 5.16. The van der Waals surface area contributed by atoms with Crippen molar-refractivity contribution in [2.24, 2.45) is 0 Å². The number of rotatable bonds is 7. The van der Waals surface area contributed by atoms with Gasteiger partial charge in [-0.15, -0.1) is 0 Å². The van der Waals surface area contributed by atoms with Crippen LogP contribution in [0.2, 0.25) is 0 Å². The molecule has 0 spiro atoms. The molecule has 3 aromatic rings. The normalized spacial score (nSPS) is 12.8. The summed E-state index contributed by atoms with van der Waals surface area (Å²) in [5.41, 5.74) is 3.75. The highest BCUT2D eigenvalue weighted by atomic mass is 16.5. The fraction of sp³-hybridized carbons (Fsp3) is 0.217. The Bertz CT molecular complexity index is 902. The number of aryl methyl sites for hydroxylation is 1. The van der Waals surface area contributed by atoms with Crippen LogP contribution >= 0.6 is 0 Å². The van der Waals surface area contributed by atoms with E-state index < -0.39 is 6.10 Å². The van der Waals surface area contributed by atoms with E-state index in [1.165, 1.54) is 0 Å². The van der Waals surface area contributed by atoms with Gasteiger partial charge in [-0.05, 0) is 66.8 Å². The quantitative estimate of drug-likeness (QED) is 0.680. The maximum atomic E-state index is 10.4. The minimum Gasteiger partial charge on any atom is -0.488 e. The van der Waals surface area contributed by atoms with Gasteiger partial charge >= 0.3 is 0 Å². The molecule has 0 aliphatic carbocycles. The van der Waals surface area contributed by atoms with E-state index in [-0.39, 0.29) is 6.10 Å². The lowest BCUT2D eigenvalue weighted by atomic mass is 10.0. The van der Waals surface area contributed by atoms with E-state index in [4.69, 9.17) is 10.00 Å². The molecule has 0 bridgehead atoms. The monoisotopic (exact) mass is 358 g/mol. The highest BCUT2D eigenvalue weighted by Gasteiger charge is 2.16. The molecule has 0 aliphatic rings. The second kappa shape index (κ2) is 8.98. The number of ether oxygens (including phenoxy) is 1. The Kier molecular flexibility index (Phi) is 6.19. The number of hydrogen-bond donors (Lipinski definition) is 1. The zero-order valence-corrected chi connectivity index (χ0v) is 15.2. The fourth-order valence-corrected chi connectivity index (χ4v) is 2.88. The van der Waals surface area contributed by atoms with Gasteiger partial charge in [0, 0.05) is 12.4 Å². The summed E-state index contributed by atoms with van der Waals surface area (Å²) in [5.74, 6) is 0.711. The van der Waals surface area contributed by atoms with Gasteiger partial charge in [-0.2, -0.15) is 5.26 Å². The van der Waals surface area contributed by atoms with Crippen molar-refractivity contribution in [1.29, 1.82) is 5.26 Å². The fourth-order valence-electron chi connectivity index (χ4n) is 2.88. The van der Waals surface area contributed by atoms with Crippen molar-refractivity contribution in [2.75, 3.05) is 0 Å². The molecule has 2 atom stereocenters. The van der Waals surface area contributed by atoms with Crippen LogP contribution in [0, 0.1) is 11.3 Å². The zero-order chi connectivity index (χ0) is 19.1. The molecular weight excluding hydrogens is 336 g/mol. The molecule has 27 heavy (non-hydrogen) atoms. The Morgan fingerprint density at radius 1 is 1.07 bits per heavy atom. The summed E-state index contributed by atoms with van der Waals surface area (Å²) in [4.78, 5) is 4.09. The SMILES string of the molecule is C[C@H](Oc1ccc(-c2cccc(C#N)c2)cc1)[C@@H](O)CCc1cccnc1. The molecule has 1 heterocycles.